The third-order valence-corrected chi connectivity index (χ3v) is 1.33. The predicted octanol–water partition coefficient (Wildman–Crippen LogP) is 0.585. The van der Waals surface area contributed by atoms with Gasteiger partial charge in [0, 0.05) is 0 Å². The van der Waals surface area contributed by atoms with E-state index >= 15 is 0 Å². The van der Waals surface area contributed by atoms with Crippen LogP contribution in [0, 0.1) is 31.0 Å². The van der Waals surface area contributed by atoms with Gasteiger partial charge in [0.05, 0.1) is 34.4 Å². The number of hydrogen-bond donors (Lipinski definition) is 2. The molecule has 0 aliphatic carbocycles. The molecule has 0 heterocycles. The van der Waals surface area contributed by atoms with Crippen LogP contribution in [0.1, 0.15) is 12.8 Å². The highest BCUT2D eigenvalue weighted by atomic mass is 16.6. The normalized spacial score (nSPS) is 8.29. The lowest BCUT2D eigenvalue weighted by Crippen LogP contribution is -2.04. The summed E-state index contributed by atoms with van der Waals surface area (Å²) in [5.41, 5.74) is -1.11. The van der Waals surface area contributed by atoms with Crippen LogP contribution in [0.15, 0.2) is 11.4 Å². The summed E-state index contributed by atoms with van der Waals surface area (Å²) in [6.07, 6.45) is -0.614. The molecule has 0 atom stereocenters. The van der Waals surface area contributed by atoms with Gasteiger partial charge in [0.2, 0.25) is 0 Å². The fourth-order valence-corrected chi connectivity index (χ4v) is 0.636. The molecule has 2 N–H and O–H groups in total. The summed E-state index contributed by atoms with van der Waals surface area (Å²) in [4.78, 5) is 18.6. The second-order valence-corrected chi connectivity index (χ2v) is 2.16. The molecule has 0 fully saturated rings. The van der Waals surface area contributed by atoms with Gasteiger partial charge in [-0.2, -0.15) is 0 Å². The molecule has 0 aromatic carbocycles. The first-order valence-electron chi connectivity index (χ1n) is 3.38. The van der Waals surface area contributed by atoms with E-state index in [0.29, 0.717) is 0 Å². The maximum Gasteiger partial charge on any atom is 0.306 e. The number of nitro groups is 2. The maximum absolute atomic E-state index is 10.1. The van der Waals surface area contributed by atoms with Crippen molar-refractivity contribution in [2.24, 2.45) is 0 Å². The molecule has 0 spiro atoms. The first kappa shape index (κ1) is 11.7. The molecule has 0 bridgehead atoms. The van der Waals surface area contributed by atoms with Crippen LogP contribution >= 0.6 is 0 Å². The number of allylic oxidation sites excluding steroid dienone is 2. The first-order chi connectivity index (χ1) is 6.52. The zero-order valence-corrected chi connectivity index (χ0v) is 6.94. The summed E-state index contributed by atoms with van der Waals surface area (Å²) in [6, 6.07) is 0. The molecule has 0 saturated heterocycles. The molecule has 0 amide bonds. The Morgan fingerprint density at radius 2 is 1.29 bits per heavy atom. The number of nitrogens with one attached hydrogen (secondary N) is 2. The minimum absolute atomic E-state index is 0.307. The quantitative estimate of drug-likeness (QED) is 0.379. The van der Waals surface area contributed by atoms with Crippen molar-refractivity contribution in [3.05, 3.63) is 31.6 Å². The third kappa shape index (κ3) is 3.40. The highest BCUT2D eigenvalue weighted by Gasteiger charge is 2.17. The van der Waals surface area contributed by atoms with E-state index in [4.69, 9.17) is 10.8 Å². The van der Waals surface area contributed by atoms with Gasteiger partial charge in [-0.1, -0.05) is 0 Å². The smallest absolute Gasteiger partial charge is 0.258 e. The van der Waals surface area contributed by atoms with Crippen LogP contribution in [0.2, 0.25) is 0 Å². The molecule has 74 valence electrons. The third-order valence-electron chi connectivity index (χ3n) is 1.33. The van der Waals surface area contributed by atoms with Crippen LogP contribution in [0.25, 0.3) is 0 Å². The van der Waals surface area contributed by atoms with Crippen molar-refractivity contribution >= 4 is 11.7 Å². The topological polar surface area (TPSA) is 134 Å². The average Bonchev–Trinajstić information content (AvgIpc) is 2.11. The van der Waals surface area contributed by atoms with Crippen LogP contribution in [-0.4, -0.2) is 21.6 Å². The van der Waals surface area contributed by atoms with Crippen molar-refractivity contribution in [3.63, 3.8) is 0 Å². The fourth-order valence-electron chi connectivity index (χ4n) is 0.636. The van der Waals surface area contributed by atoms with E-state index < -0.39 is 21.2 Å². The van der Waals surface area contributed by atoms with Crippen molar-refractivity contribution in [2.45, 2.75) is 12.8 Å². The largest absolute Gasteiger partial charge is 0.306 e. The summed E-state index contributed by atoms with van der Waals surface area (Å²) >= 11 is 0. The Hall–Kier alpha value is -2.30. The molecule has 0 unspecified atom stereocenters. The minimum Gasteiger partial charge on any atom is -0.258 e. The first-order valence-corrected chi connectivity index (χ1v) is 3.38. The average molecular weight is 198 g/mol. The standard InChI is InChI=1S/C6H6N4O4/c7-3-5(9(11)12)1-2-6(4-8)10(13)14/h7-8H,1-2H2. The molecule has 0 aromatic rings. The number of rotatable bonds is 5. The Morgan fingerprint density at radius 1 is 1.00 bits per heavy atom. The SMILES string of the molecule is N=C=C(CCC(=C=N)[N+](=O)[O-])[N+](=O)[O-]. The molecular weight excluding hydrogens is 192 g/mol. The second kappa shape index (κ2) is 5.36. The van der Waals surface area contributed by atoms with Gasteiger partial charge >= 0.3 is 11.4 Å². The van der Waals surface area contributed by atoms with E-state index in [0.717, 1.165) is 0 Å². The van der Waals surface area contributed by atoms with E-state index in [1.807, 2.05) is 0 Å². The van der Waals surface area contributed by atoms with Gasteiger partial charge in [-0.05, 0) is 0 Å². The van der Waals surface area contributed by atoms with Gasteiger partial charge in [0.15, 0.2) is 0 Å². The van der Waals surface area contributed by atoms with Crippen LogP contribution in [0.5, 0.6) is 0 Å². The molecule has 8 nitrogen and oxygen atoms in total. The summed E-state index contributed by atoms with van der Waals surface area (Å²) in [7, 11) is 0. The lowest BCUT2D eigenvalue weighted by molar-refractivity contribution is -0.434. The molecule has 0 aliphatic rings. The predicted molar refractivity (Wildman–Crippen MR) is 45.7 cm³/mol. The molecule has 0 radical (unpaired) electrons. The minimum atomic E-state index is -0.839. The van der Waals surface area contributed by atoms with Gasteiger partial charge < -0.3 is 0 Å². The Kier molecular flexibility index (Phi) is 4.48. The Morgan fingerprint density at radius 3 is 1.43 bits per heavy atom. The molecule has 0 saturated carbocycles. The van der Waals surface area contributed by atoms with Crippen molar-refractivity contribution < 1.29 is 9.85 Å². The zero-order chi connectivity index (χ0) is 11.1. The lowest BCUT2D eigenvalue weighted by Gasteiger charge is -1.92. The monoisotopic (exact) mass is 198 g/mol. The summed E-state index contributed by atoms with van der Waals surface area (Å²) in [6.45, 7) is 0. The van der Waals surface area contributed by atoms with E-state index in [1.165, 1.54) is 0 Å². The maximum atomic E-state index is 10.1. The van der Waals surface area contributed by atoms with Crippen LogP contribution in [-0.2, 0) is 0 Å². The van der Waals surface area contributed by atoms with Crippen LogP contribution in [0.4, 0.5) is 0 Å². The molecule has 0 aromatic heterocycles. The van der Waals surface area contributed by atoms with Gasteiger partial charge in [-0.25, -0.2) is 0 Å². The Bertz CT molecular complexity index is 326. The van der Waals surface area contributed by atoms with Crippen molar-refractivity contribution in [3.8, 4) is 0 Å². The van der Waals surface area contributed by atoms with E-state index in [-0.39, 0.29) is 12.8 Å². The molecular formula is C6H6N4O4. The summed E-state index contributed by atoms with van der Waals surface area (Å²) in [5.74, 6) is 3.13. The van der Waals surface area contributed by atoms with Gasteiger partial charge in [-0.3, -0.25) is 31.0 Å². The molecule has 0 aliphatic heterocycles. The van der Waals surface area contributed by atoms with Crippen LogP contribution in [0.3, 0.4) is 0 Å². The molecule has 8 heteroatoms. The summed E-state index contributed by atoms with van der Waals surface area (Å²) in [5, 5.41) is 33.3. The van der Waals surface area contributed by atoms with E-state index in [1.54, 1.807) is 11.7 Å². The lowest BCUT2D eigenvalue weighted by atomic mass is 10.2. The highest BCUT2D eigenvalue weighted by Crippen LogP contribution is 2.08. The number of hydrogen-bond acceptors (Lipinski definition) is 6. The van der Waals surface area contributed by atoms with Gasteiger partial charge in [0.1, 0.15) is 0 Å². The Labute approximate surface area is 77.9 Å². The second-order valence-electron chi connectivity index (χ2n) is 2.16. The van der Waals surface area contributed by atoms with Crippen LogP contribution < -0.4 is 0 Å². The van der Waals surface area contributed by atoms with Gasteiger partial charge in [-0.15, -0.1) is 0 Å². The fraction of sp³-hybridized carbons (Fsp3) is 0.333. The Balaban J connectivity index is 4.46. The van der Waals surface area contributed by atoms with E-state index in [2.05, 4.69) is 0 Å². The number of nitrogens with zero attached hydrogens (tertiary/aromatic N) is 2. The molecule has 0 rings (SSSR count). The van der Waals surface area contributed by atoms with Gasteiger partial charge in [0.25, 0.3) is 0 Å². The van der Waals surface area contributed by atoms with Crippen molar-refractivity contribution in [1.82, 2.24) is 0 Å². The van der Waals surface area contributed by atoms with Crippen molar-refractivity contribution in [1.29, 1.82) is 10.8 Å². The molecule has 14 heavy (non-hydrogen) atoms. The van der Waals surface area contributed by atoms with E-state index in [9.17, 15) is 20.2 Å². The highest BCUT2D eigenvalue weighted by molar-refractivity contribution is 5.53. The van der Waals surface area contributed by atoms with Crippen molar-refractivity contribution in [2.75, 3.05) is 0 Å². The zero-order valence-electron chi connectivity index (χ0n) is 6.94. The summed E-state index contributed by atoms with van der Waals surface area (Å²) < 4.78 is 0.